The predicted molar refractivity (Wildman–Crippen MR) is 112 cm³/mol. The zero-order valence-corrected chi connectivity index (χ0v) is 16.2. The highest BCUT2D eigenvalue weighted by molar-refractivity contribution is 6.31. The van der Waals surface area contributed by atoms with Gasteiger partial charge in [0, 0.05) is 40.8 Å². The predicted octanol–water partition coefficient (Wildman–Crippen LogP) is 5.00. The van der Waals surface area contributed by atoms with Crippen LogP contribution in [0.2, 0.25) is 5.02 Å². The Kier molecular flexibility index (Phi) is 5.91. The van der Waals surface area contributed by atoms with E-state index >= 15 is 0 Å². The van der Waals surface area contributed by atoms with Gasteiger partial charge in [-0.05, 0) is 61.0 Å². The Morgan fingerprint density at radius 3 is 2.18 bits per heavy atom. The number of benzene rings is 2. The van der Waals surface area contributed by atoms with Crippen molar-refractivity contribution in [2.45, 2.75) is 13.8 Å². The quantitative estimate of drug-likeness (QED) is 0.568. The van der Waals surface area contributed by atoms with E-state index in [0.717, 1.165) is 11.3 Å². The van der Waals surface area contributed by atoms with Crippen LogP contribution >= 0.6 is 11.6 Å². The highest BCUT2D eigenvalue weighted by Gasteiger charge is 2.08. The maximum atomic E-state index is 12.5. The highest BCUT2D eigenvalue weighted by Crippen LogP contribution is 2.23. The number of amides is 2. The Hall–Kier alpha value is -3.38. The second-order valence-electron chi connectivity index (χ2n) is 6.23. The molecule has 0 unspecified atom stereocenters. The molecule has 7 heteroatoms. The van der Waals surface area contributed by atoms with Crippen LogP contribution < -0.4 is 16.0 Å². The summed E-state index contributed by atoms with van der Waals surface area (Å²) in [4.78, 5) is 27.8. The summed E-state index contributed by atoms with van der Waals surface area (Å²) in [6.07, 6.45) is 1.56. The SMILES string of the molecule is CC(=O)Nc1ccc(NC(=O)c2ccnc(Nc3ccc(C)c(Cl)c3)c2)cc1. The molecule has 0 fully saturated rings. The number of carbonyl (C=O) groups excluding carboxylic acids is 2. The number of carbonyl (C=O) groups is 2. The minimum absolute atomic E-state index is 0.150. The molecule has 28 heavy (non-hydrogen) atoms. The number of rotatable bonds is 5. The summed E-state index contributed by atoms with van der Waals surface area (Å²) in [6, 6.07) is 15.8. The number of hydrogen-bond acceptors (Lipinski definition) is 4. The number of nitrogens with zero attached hydrogens (tertiary/aromatic N) is 1. The lowest BCUT2D eigenvalue weighted by Crippen LogP contribution is -2.12. The first kappa shape index (κ1) is 19.4. The second-order valence-corrected chi connectivity index (χ2v) is 6.64. The van der Waals surface area contributed by atoms with Crippen molar-refractivity contribution in [3.05, 3.63) is 76.9 Å². The average molecular weight is 395 g/mol. The summed E-state index contributed by atoms with van der Waals surface area (Å²) < 4.78 is 0. The van der Waals surface area contributed by atoms with Crippen LogP contribution in [0.15, 0.2) is 60.8 Å². The average Bonchev–Trinajstić information content (AvgIpc) is 2.66. The van der Waals surface area contributed by atoms with Gasteiger partial charge in [-0.15, -0.1) is 0 Å². The van der Waals surface area contributed by atoms with Gasteiger partial charge in [0.2, 0.25) is 5.91 Å². The van der Waals surface area contributed by atoms with Gasteiger partial charge in [0.25, 0.3) is 5.91 Å². The van der Waals surface area contributed by atoms with Gasteiger partial charge in [0.05, 0.1) is 0 Å². The summed E-state index contributed by atoms with van der Waals surface area (Å²) in [5, 5.41) is 9.29. The van der Waals surface area contributed by atoms with Gasteiger partial charge < -0.3 is 16.0 Å². The summed E-state index contributed by atoms with van der Waals surface area (Å²) in [7, 11) is 0. The number of nitrogens with one attached hydrogen (secondary N) is 3. The van der Waals surface area contributed by atoms with Crippen molar-refractivity contribution in [3.8, 4) is 0 Å². The standard InChI is InChI=1S/C21H19ClN4O2/c1-13-3-4-18(12-19(13)22)25-20-11-15(9-10-23-20)21(28)26-17-7-5-16(6-8-17)24-14(2)27/h3-12H,1-2H3,(H,23,25)(H,24,27)(H,26,28). The van der Waals surface area contributed by atoms with Crippen LogP contribution in [0.3, 0.4) is 0 Å². The maximum Gasteiger partial charge on any atom is 0.255 e. The van der Waals surface area contributed by atoms with Gasteiger partial charge in [-0.1, -0.05) is 17.7 Å². The minimum Gasteiger partial charge on any atom is -0.340 e. The molecule has 2 amide bonds. The van der Waals surface area contributed by atoms with Crippen molar-refractivity contribution >= 4 is 46.3 Å². The van der Waals surface area contributed by atoms with Gasteiger partial charge in [-0.2, -0.15) is 0 Å². The Morgan fingerprint density at radius 2 is 1.54 bits per heavy atom. The fraction of sp³-hybridized carbons (Fsp3) is 0.0952. The van der Waals surface area contributed by atoms with E-state index in [2.05, 4.69) is 20.9 Å². The minimum atomic E-state index is -0.264. The summed E-state index contributed by atoms with van der Waals surface area (Å²) >= 11 is 6.14. The number of anilines is 4. The molecule has 3 rings (SSSR count). The maximum absolute atomic E-state index is 12.5. The number of aromatic nitrogens is 1. The fourth-order valence-corrected chi connectivity index (χ4v) is 2.68. The molecule has 2 aromatic carbocycles. The largest absolute Gasteiger partial charge is 0.340 e. The number of hydrogen-bond donors (Lipinski definition) is 3. The molecular formula is C21H19ClN4O2. The van der Waals surface area contributed by atoms with Crippen LogP contribution in [0.25, 0.3) is 0 Å². The van der Waals surface area contributed by atoms with Crippen molar-refractivity contribution in [2.75, 3.05) is 16.0 Å². The van der Waals surface area contributed by atoms with E-state index < -0.39 is 0 Å². The lowest BCUT2D eigenvalue weighted by atomic mass is 10.2. The van der Waals surface area contributed by atoms with E-state index in [4.69, 9.17) is 11.6 Å². The van der Waals surface area contributed by atoms with Crippen molar-refractivity contribution < 1.29 is 9.59 Å². The molecule has 1 heterocycles. The zero-order valence-electron chi connectivity index (χ0n) is 15.4. The van der Waals surface area contributed by atoms with Gasteiger partial charge in [-0.25, -0.2) is 4.98 Å². The molecule has 0 saturated heterocycles. The molecule has 1 aromatic heterocycles. The molecule has 0 saturated carbocycles. The van der Waals surface area contributed by atoms with Crippen molar-refractivity contribution in [2.24, 2.45) is 0 Å². The molecule has 3 N–H and O–H groups in total. The molecular weight excluding hydrogens is 376 g/mol. The first-order valence-electron chi connectivity index (χ1n) is 8.59. The first-order chi connectivity index (χ1) is 13.4. The first-order valence-corrected chi connectivity index (χ1v) is 8.97. The summed E-state index contributed by atoms with van der Waals surface area (Å²) in [5.41, 5.74) is 3.52. The zero-order chi connectivity index (χ0) is 20.1. The monoisotopic (exact) mass is 394 g/mol. The van der Waals surface area contributed by atoms with E-state index in [1.807, 2.05) is 25.1 Å². The molecule has 142 valence electrons. The third-order valence-electron chi connectivity index (χ3n) is 3.93. The van der Waals surface area contributed by atoms with Crippen molar-refractivity contribution in [1.29, 1.82) is 0 Å². The van der Waals surface area contributed by atoms with E-state index in [1.54, 1.807) is 42.6 Å². The summed E-state index contributed by atoms with van der Waals surface area (Å²) in [5.74, 6) is 0.122. The highest BCUT2D eigenvalue weighted by atomic mass is 35.5. The molecule has 0 atom stereocenters. The van der Waals surface area contributed by atoms with E-state index in [1.165, 1.54) is 6.92 Å². The van der Waals surface area contributed by atoms with Crippen molar-refractivity contribution in [3.63, 3.8) is 0 Å². The van der Waals surface area contributed by atoms with Crippen LogP contribution in [-0.2, 0) is 4.79 Å². The van der Waals surface area contributed by atoms with Gasteiger partial charge in [0.15, 0.2) is 0 Å². The molecule has 6 nitrogen and oxygen atoms in total. The third-order valence-corrected chi connectivity index (χ3v) is 4.34. The molecule has 0 aliphatic heterocycles. The van der Waals surface area contributed by atoms with Crippen LogP contribution in [-0.4, -0.2) is 16.8 Å². The van der Waals surface area contributed by atoms with E-state index in [9.17, 15) is 9.59 Å². The van der Waals surface area contributed by atoms with Gasteiger partial charge in [0.1, 0.15) is 5.82 Å². The van der Waals surface area contributed by atoms with Crippen molar-refractivity contribution in [1.82, 2.24) is 4.98 Å². The fourth-order valence-electron chi connectivity index (χ4n) is 2.50. The number of aryl methyl sites for hydroxylation is 1. The lowest BCUT2D eigenvalue weighted by molar-refractivity contribution is -0.114. The number of pyridine rings is 1. The third kappa shape index (κ3) is 5.08. The second kappa shape index (κ2) is 8.54. The van der Waals surface area contributed by atoms with Gasteiger partial charge in [-0.3, -0.25) is 9.59 Å². The van der Waals surface area contributed by atoms with E-state index in [-0.39, 0.29) is 11.8 Å². The molecule has 0 aliphatic carbocycles. The normalized spacial score (nSPS) is 10.2. The molecule has 0 radical (unpaired) electrons. The van der Waals surface area contributed by atoms with Crippen LogP contribution in [0.1, 0.15) is 22.8 Å². The van der Waals surface area contributed by atoms with Crippen LogP contribution in [0, 0.1) is 6.92 Å². The Bertz CT molecular complexity index is 1020. The number of halogens is 1. The van der Waals surface area contributed by atoms with Crippen LogP contribution in [0.5, 0.6) is 0 Å². The summed E-state index contributed by atoms with van der Waals surface area (Å²) in [6.45, 7) is 3.37. The molecule has 0 spiro atoms. The Labute approximate surface area is 168 Å². The molecule has 0 aliphatic rings. The Balaban J connectivity index is 1.69. The van der Waals surface area contributed by atoms with Gasteiger partial charge >= 0.3 is 0 Å². The van der Waals surface area contributed by atoms with E-state index in [0.29, 0.717) is 27.8 Å². The Morgan fingerprint density at radius 1 is 0.893 bits per heavy atom. The van der Waals surface area contributed by atoms with Crippen LogP contribution in [0.4, 0.5) is 22.9 Å². The molecule has 0 bridgehead atoms. The molecule has 3 aromatic rings. The smallest absolute Gasteiger partial charge is 0.255 e. The topological polar surface area (TPSA) is 83.1 Å². The lowest BCUT2D eigenvalue weighted by Gasteiger charge is -2.10.